The Kier molecular flexibility index (Phi) is 6.26. The molecule has 5 atom stereocenters. The molecule has 0 aromatic heterocycles. The van der Waals surface area contributed by atoms with E-state index in [1.54, 1.807) is 6.07 Å². The Hall–Kier alpha value is -1.79. The lowest BCUT2D eigenvalue weighted by Gasteiger charge is -2.41. The molecule has 1 saturated carbocycles. The summed E-state index contributed by atoms with van der Waals surface area (Å²) in [6, 6.07) is 4.86. The zero-order valence-corrected chi connectivity index (χ0v) is 17.8. The summed E-state index contributed by atoms with van der Waals surface area (Å²) < 4.78 is 40.1. The minimum Gasteiger partial charge on any atom is -0.381 e. The van der Waals surface area contributed by atoms with Gasteiger partial charge >= 0.3 is 6.18 Å². The van der Waals surface area contributed by atoms with Crippen LogP contribution in [0.15, 0.2) is 42.5 Å². The van der Waals surface area contributed by atoms with Crippen molar-refractivity contribution in [3.8, 4) is 0 Å². The van der Waals surface area contributed by atoms with Gasteiger partial charge in [0.25, 0.3) is 0 Å². The van der Waals surface area contributed by atoms with E-state index in [0.29, 0.717) is 17.9 Å². The number of fused-ring (bicyclic) bond motifs is 3. The third kappa shape index (κ3) is 4.59. The Morgan fingerprint density at radius 3 is 2.70 bits per heavy atom. The maximum atomic E-state index is 13.4. The minimum atomic E-state index is -4.30. The van der Waals surface area contributed by atoms with E-state index >= 15 is 0 Å². The molecule has 0 saturated heterocycles. The number of benzene rings is 1. The van der Waals surface area contributed by atoms with Crippen molar-refractivity contribution in [2.45, 2.75) is 49.9 Å². The summed E-state index contributed by atoms with van der Waals surface area (Å²) in [5.74, 6) is 0.887. The fraction of sp³-hybridized carbons (Fsp3) is 0.583. The summed E-state index contributed by atoms with van der Waals surface area (Å²) >= 11 is 0. The van der Waals surface area contributed by atoms with Gasteiger partial charge in [0.15, 0.2) is 0 Å². The van der Waals surface area contributed by atoms with E-state index in [0.717, 1.165) is 50.0 Å². The van der Waals surface area contributed by atoms with Crippen LogP contribution in [-0.4, -0.2) is 44.2 Å². The van der Waals surface area contributed by atoms with Gasteiger partial charge in [-0.2, -0.15) is 13.2 Å². The summed E-state index contributed by atoms with van der Waals surface area (Å²) in [4.78, 5) is 2.17. The molecule has 1 aromatic carbocycles. The van der Waals surface area contributed by atoms with Gasteiger partial charge in [-0.15, -0.1) is 0 Å². The van der Waals surface area contributed by atoms with Crippen LogP contribution in [0.25, 0.3) is 0 Å². The lowest BCUT2D eigenvalue weighted by atomic mass is 9.73. The maximum Gasteiger partial charge on any atom is 0.416 e. The van der Waals surface area contributed by atoms with Gasteiger partial charge in [0.05, 0.1) is 5.56 Å². The zero-order chi connectivity index (χ0) is 21.3. The molecule has 1 heterocycles. The molecule has 0 amide bonds. The second kappa shape index (κ2) is 8.75. The molecule has 2 aliphatic carbocycles. The van der Waals surface area contributed by atoms with Gasteiger partial charge in [0.1, 0.15) is 0 Å². The molecule has 6 heteroatoms. The summed E-state index contributed by atoms with van der Waals surface area (Å²) in [6.07, 6.45) is 8.28. The molecule has 2 N–H and O–H groups in total. The lowest BCUT2D eigenvalue weighted by Crippen LogP contribution is -2.41. The highest BCUT2D eigenvalue weighted by Crippen LogP contribution is 2.51. The number of allylic oxidation sites excluding steroid dienone is 3. The number of rotatable bonds is 6. The third-order valence-corrected chi connectivity index (χ3v) is 6.86. The van der Waals surface area contributed by atoms with E-state index in [4.69, 9.17) is 0 Å². The molecule has 0 spiro atoms. The molecule has 4 rings (SSSR count). The highest BCUT2D eigenvalue weighted by Gasteiger charge is 2.46. The zero-order valence-electron chi connectivity index (χ0n) is 17.8. The summed E-state index contributed by atoms with van der Waals surface area (Å²) in [5, 5.41) is 7.32. The smallest absolute Gasteiger partial charge is 0.381 e. The van der Waals surface area contributed by atoms with Gasteiger partial charge in [-0.05, 0) is 88.5 Å². The van der Waals surface area contributed by atoms with E-state index in [1.807, 2.05) is 0 Å². The Morgan fingerprint density at radius 2 is 2.00 bits per heavy atom. The molecule has 0 bridgehead atoms. The number of alkyl halides is 3. The van der Waals surface area contributed by atoms with Crippen molar-refractivity contribution in [3.63, 3.8) is 0 Å². The van der Waals surface area contributed by atoms with Crippen LogP contribution in [0, 0.1) is 11.8 Å². The average Bonchev–Trinajstić information content (AvgIpc) is 3.14. The second-order valence-electron chi connectivity index (χ2n) is 9.23. The first-order chi connectivity index (χ1) is 14.3. The molecule has 164 valence electrons. The van der Waals surface area contributed by atoms with Gasteiger partial charge in [-0.3, -0.25) is 0 Å². The van der Waals surface area contributed by atoms with E-state index < -0.39 is 11.7 Å². The first kappa shape index (κ1) is 21.4. The van der Waals surface area contributed by atoms with Crippen molar-refractivity contribution < 1.29 is 13.2 Å². The van der Waals surface area contributed by atoms with E-state index in [9.17, 15) is 13.2 Å². The predicted octanol–water partition coefficient (Wildman–Crippen LogP) is 5.04. The molecule has 3 nitrogen and oxygen atoms in total. The number of anilines is 1. The molecule has 0 radical (unpaired) electrons. The predicted molar refractivity (Wildman–Crippen MR) is 116 cm³/mol. The van der Waals surface area contributed by atoms with Gasteiger partial charge in [0, 0.05) is 23.7 Å². The Labute approximate surface area is 177 Å². The van der Waals surface area contributed by atoms with Crippen molar-refractivity contribution in [3.05, 3.63) is 53.6 Å². The number of hydrogen-bond acceptors (Lipinski definition) is 3. The number of halogens is 3. The molecular weight excluding hydrogens is 387 g/mol. The van der Waals surface area contributed by atoms with Gasteiger partial charge in [-0.1, -0.05) is 24.3 Å². The summed E-state index contributed by atoms with van der Waals surface area (Å²) in [6.45, 7) is 1.98. The molecule has 1 aliphatic heterocycles. The van der Waals surface area contributed by atoms with Crippen LogP contribution in [0.5, 0.6) is 0 Å². The first-order valence-electron chi connectivity index (χ1n) is 11.0. The average molecular weight is 420 g/mol. The molecule has 1 fully saturated rings. The third-order valence-electron chi connectivity index (χ3n) is 6.86. The van der Waals surface area contributed by atoms with Crippen molar-refractivity contribution in [2.24, 2.45) is 11.8 Å². The fourth-order valence-electron chi connectivity index (χ4n) is 5.45. The molecule has 30 heavy (non-hydrogen) atoms. The van der Waals surface area contributed by atoms with Crippen LogP contribution in [0.1, 0.15) is 42.7 Å². The lowest BCUT2D eigenvalue weighted by molar-refractivity contribution is -0.137. The molecule has 2 unspecified atom stereocenters. The normalized spacial score (nSPS) is 30.3. The minimum absolute atomic E-state index is 0.166. The molecule has 1 aromatic rings. The van der Waals surface area contributed by atoms with E-state index in [-0.39, 0.29) is 12.0 Å². The number of nitrogens with one attached hydrogen (secondary N) is 2. The van der Waals surface area contributed by atoms with Crippen LogP contribution in [0.2, 0.25) is 0 Å². The van der Waals surface area contributed by atoms with Gasteiger partial charge < -0.3 is 15.5 Å². The van der Waals surface area contributed by atoms with Crippen LogP contribution in [-0.2, 0) is 6.18 Å². The summed E-state index contributed by atoms with van der Waals surface area (Å²) in [7, 11) is 4.14. The second-order valence-corrected chi connectivity index (χ2v) is 9.23. The van der Waals surface area contributed by atoms with E-state index in [1.165, 1.54) is 12.1 Å². The van der Waals surface area contributed by atoms with Crippen molar-refractivity contribution >= 4 is 5.69 Å². The largest absolute Gasteiger partial charge is 0.416 e. The quantitative estimate of drug-likeness (QED) is 0.633. The highest BCUT2D eigenvalue weighted by atomic mass is 19.4. The van der Waals surface area contributed by atoms with Crippen LogP contribution in [0.4, 0.5) is 18.9 Å². The number of hydrogen-bond donors (Lipinski definition) is 2. The maximum absolute atomic E-state index is 13.4. The van der Waals surface area contributed by atoms with Gasteiger partial charge in [0.2, 0.25) is 0 Å². The first-order valence-corrected chi connectivity index (χ1v) is 11.0. The fourth-order valence-corrected chi connectivity index (χ4v) is 5.45. The Bertz CT molecular complexity index is 799. The summed E-state index contributed by atoms with van der Waals surface area (Å²) in [5.41, 5.74) is 1.19. The van der Waals surface area contributed by atoms with E-state index in [2.05, 4.69) is 53.9 Å². The van der Waals surface area contributed by atoms with Gasteiger partial charge in [-0.25, -0.2) is 0 Å². The SMILES string of the molecule is CN(C)CCCN[C@H]1CC2c3cc(C(F)(F)F)ccc3N[C@@H](C3C=CC=CC3)[C@@H]2C1. The number of nitrogens with zero attached hydrogens (tertiary/aromatic N) is 1. The monoisotopic (exact) mass is 419 g/mol. The van der Waals surface area contributed by atoms with Crippen molar-refractivity contribution in [2.75, 3.05) is 32.5 Å². The van der Waals surface area contributed by atoms with Crippen molar-refractivity contribution in [1.29, 1.82) is 0 Å². The molecule has 3 aliphatic rings. The van der Waals surface area contributed by atoms with Crippen LogP contribution in [0.3, 0.4) is 0 Å². The topological polar surface area (TPSA) is 27.3 Å². The Balaban J connectivity index is 1.56. The van der Waals surface area contributed by atoms with Crippen molar-refractivity contribution in [1.82, 2.24) is 10.2 Å². The van der Waals surface area contributed by atoms with Crippen LogP contribution >= 0.6 is 0 Å². The highest BCUT2D eigenvalue weighted by molar-refractivity contribution is 5.59. The Morgan fingerprint density at radius 1 is 1.17 bits per heavy atom. The molecular formula is C24H32F3N3. The van der Waals surface area contributed by atoms with Crippen LogP contribution < -0.4 is 10.6 Å². The standard InChI is InChI=1S/C24H32F3N3/c1-30(2)12-6-11-28-18-14-19-20-13-17(24(25,26)27)9-10-22(20)29-23(21(19)15-18)16-7-4-3-5-8-16/h3-5,7,9-10,13,16,18-19,21,23,28-29H,6,8,11-12,14-15H2,1-2H3/t16?,18-,19?,21+,23-/m0/s1.